The summed E-state index contributed by atoms with van der Waals surface area (Å²) < 4.78 is 0.110. The number of likely N-dealkylation sites (N-methyl/N-ethyl adjacent to an activating group) is 1. The van der Waals surface area contributed by atoms with Gasteiger partial charge in [-0.2, -0.15) is 0 Å². The average Bonchev–Trinajstić information content (AvgIpc) is 3.15. The molecule has 4 aliphatic rings. The minimum Gasteiger partial charge on any atom is -0.389 e. The van der Waals surface area contributed by atoms with Gasteiger partial charge in [-0.1, -0.05) is 6.07 Å². The highest BCUT2D eigenvalue weighted by Gasteiger charge is 2.48. The molecule has 1 amide bonds. The first-order valence-corrected chi connectivity index (χ1v) is 11.8. The molecule has 2 atom stereocenters. The van der Waals surface area contributed by atoms with E-state index in [-0.39, 0.29) is 10.6 Å². The van der Waals surface area contributed by atoms with Gasteiger partial charge >= 0.3 is 5.84 Å². The zero-order chi connectivity index (χ0) is 24.1. The molecule has 3 N–H and O–H groups in total. The van der Waals surface area contributed by atoms with E-state index in [0.29, 0.717) is 31.3 Å². The number of benzene rings is 1. The van der Waals surface area contributed by atoms with Gasteiger partial charge in [-0.05, 0) is 74.7 Å². The van der Waals surface area contributed by atoms with E-state index < -0.39 is 11.0 Å². The molecular formula is C24H33N8O2+. The lowest BCUT2D eigenvalue weighted by molar-refractivity contribution is -0.917. The maximum Gasteiger partial charge on any atom is 0.301 e. The van der Waals surface area contributed by atoms with Gasteiger partial charge in [-0.15, -0.1) is 10.0 Å². The standard InChI is InChI=1S/C24H32N8O2/c1-23(2)18-7-6-17(14-19(18)27-21(23)33)26-22-28-20-15-25-10-13-32(20,29-22)31-11-5-8-24(34,9-12-31)16-30(3)4/h6-7,10,13-15,34H,5,8-9,11-12,16H2,1-4H3,(H-,26,27,29,33)/p+1. The van der Waals surface area contributed by atoms with Gasteiger partial charge in [-0.25, -0.2) is 0 Å². The number of carbonyl (C=O) groups excluding carboxylic acids is 1. The molecule has 10 nitrogen and oxygen atoms in total. The summed E-state index contributed by atoms with van der Waals surface area (Å²) in [6.07, 6.45) is 7.67. The van der Waals surface area contributed by atoms with Crippen LogP contribution in [0.15, 0.2) is 45.7 Å². The third-order valence-electron chi connectivity index (χ3n) is 7.06. The number of amidine groups is 1. The van der Waals surface area contributed by atoms with Crippen molar-refractivity contribution in [2.24, 2.45) is 15.1 Å². The predicted molar refractivity (Wildman–Crippen MR) is 133 cm³/mol. The molecule has 1 aromatic rings. The molecule has 1 fully saturated rings. The highest BCUT2D eigenvalue weighted by molar-refractivity contribution is 6.30. The van der Waals surface area contributed by atoms with Gasteiger partial charge in [0.1, 0.15) is 6.21 Å². The van der Waals surface area contributed by atoms with Gasteiger partial charge in [0.25, 0.3) is 5.96 Å². The second-order valence-corrected chi connectivity index (χ2v) is 10.4. The molecule has 1 saturated heterocycles. The van der Waals surface area contributed by atoms with Gasteiger partial charge in [0.2, 0.25) is 5.91 Å². The van der Waals surface area contributed by atoms with E-state index in [1.165, 1.54) is 0 Å². The molecule has 1 aromatic carbocycles. The van der Waals surface area contributed by atoms with Crippen LogP contribution in [0.3, 0.4) is 0 Å². The Labute approximate surface area is 199 Å². The summed E-state index contributed by atoms with van der Waals surface area (Å²) in [5.41, 5.74) is 1.33. The van der Waals surface area contributed by atoms with E-state index in [2.05, 4.69) is 20.6 Å². The number of nitrogens with one attached hydrogen (secondary N) is 2. The summed E-state index contributed by atoms with van der Waals surface area (Å²) in [6, 6.07) is 5.84. The van der Waals surface area contributed by atoms with Gasteiger partial charge in [0.05, 0.1) is 30.3 Å². The number of nitrogens with zero attached hydrogens (tertiary/aromatic N) is 6. The third-order valence-corrected chi connectivity index (χ3v) is 7.06. The van der Waals surface area contributed by atoms with E-state index in [0.717, 1.165) is 36.3 Å². The molecule has 0 spiro atoms. The van der Waals surface area contributed by atoms with Crippen molar-refractivity contribution in [2.75, 3.05) is 44.4 Å². The number of anilines is 2. The number of amides is 1. The van der Waals surface area contributed by atoms with Crippen molar-refractivity contribution in [3.63, 3.8) is 0 Å². The normalized spacial score (nSPS) is 29.9. The highest BCUT2D eigenvalue weighted by Crippen LogP contribution is 2.39. The highest BCUT2D eigenvalue weighted by atomic mass is 16.3. The van der Waals surface area contributed by atoms with Crippen LogP contribution >= 0.6 is 0 Å². The first-order chi connectivity index (χ1) is 16.1. The van der Waals surface area contributed by atoms with E-state index in [4.69, 9.17) is 10.1 Å². The largest absolute Gasteiger partial charge is 0.389 e. The summed E-state index contributed by atoms with van der Waals surface area (Å²) in [4.78, 5) is 23.4. The lowest BCUT2D eigenvalue weighted by atomic mass is 9.86. The van der Waals surface area contributed by atoms with Crippen LogP contribution in [0.2, 0.25) is 0 Å². The quantitative estimate of drug-likeness (QED) is 0.591. The topological polar surface area (TPSA) is 105 Å². The van der Waals surface area contributed by atoms with Crippen molar-refractivity contribution in [3.8, 4) is 0 Å². The molecule has 0 radical (unpaired) electrons. The molecule has 34 heavy (non-hydrogen) atoms. The summed E-state index contributed by atoms with van der Waals surface area (Å²) >= 11 is 0. The van der Waals surface area contributed by atoms with Crippen molar-refractivity contribution in [3.05, 3.63) is 36.2 Å². The van der Waals surface area contributed by atoms with Crippen LogP contribution in [0.1, 0.15) is 38.7 Å². The zero-order valence-corrected chi connectivity index (χ0v) is 20.2. The average molecular weight is 466 g/mol. The minimum absolute atomic E-state index is 0.00326. The van der Waals surface area contributed by atoms with Crippen LogP contribution in [-0.4, -0.2) is 83.0 Å². The fourth-order valence-corrected chi connectivity index (χ4v) is 5.24. The molecular weight excluding hydrogens is 432 g/mol. The Morgan fingerprint density at radius 3 is 2.88 bits per heavy atom. The molecule has 0 saturated carbocycles. The Bertz CT molecular complexity index is 1140. The molecule has 0 bridgehead atoms. The minimum atomic E-state index is -0.714. The molecule has 2 unspecified atom stereocenters. The van der Waals surface area contributed by atoms with E-state index >= 15 is 0 Å². The third kappa shape index (κ3) is 3.86. The Hall–Kier alpha value is -2.92. The van der Waals surface area contributed by atoms with Gasteiger partial charge < -0.3 is 20.6 Å². The van der Waals surface area contributed by atoms with Gasteiger partial charge in [-0.3, -0.25) is 9.79 Å². The van der Waals surface area contributed by atoms with Crippen LogP contribution in [0.4, 0.5) is 11.4 Å². The summed E-state index contributed by atoms with van der Waals surface area (Å²) in [5, 5.41) is 24.6. The maximum atomic E-state index is 12.3. The first-order valence-electron chi connectivity index (χ1n) is 11.8. The first kappa shape index (κ1) is 22.9. The zero-order valence-electron chi connectivity index (χ0n) is 20.2. The Morgan fingerprint density at radius 1 is 1.26 bits per heavy atom. The van der Waals surface area contributed by atoms with Crippen LogP contribution < -0.4 is 10.6 Å². The Balaban J connectivity index is 1.39. The Morgan fingerprint density at radius 2 is 2.09 bits per heavy atom. The molecule has 0 aromatic heterocycles. The van der Waals surface area contributed by atoms with Gasteiger partial charge in [0, 0.05) is 17.9 Å². The van der Waals surface area contributed by atoms with Crippen molar-refractivity contribution in [2.45, 2.75) is 44.1 Å². The SMILES string of the molecule is CN(C)CC1(O)CCCN([N+]23C=CN=CC2=NC(Nc2ccc4c(c2)NC(=O)C4(C)C)=N3)CC1. The molecule has 4 heterocycles. The number of aliphatic imine (C=N–C) groups is 2. The van der Waals surface area contributed by atoms with Crippen molar-refractivity contribution < 1.29 is 14.6 Å². The van der Waals surface area contributed by atoms with Gasteiger partial charge in [0.15, 0.2) is 6.20 Å². The van der Waals surface area contributed by atoms with E-state index in [9.17, 15) is 9.90 Å². The van der Waals surface area contributed by atoms with Crippen LogP contribution in [0.5, 0.6) is 0 Å². The molecule has 4 aliphatic heterocycles. The lowest BCUT2D eigenvalue weighted by Gasteiger charge is -2.34. The van der Waals surface area contributed by atoms with E-state index in [1.54, 1.807) is 12.4 Å². The number of hydrogen-bond donors (Lipinski definition) is 3. The number of quaternary nitrogens is 1. The second-order valence-electron chi connectivity index (χ2n) is 10.4. The number of rotatable bonds is 4. The summed E-state index contributed by atoms with van der Waals surface area (Å²) in [7, 11) is 3.98. The monoisotopic (exact) mass is 465 g/mol. The fourth-order valence-electron chi connectivity index (χ4n) is 5.24. The summed E-state index contributed by atoms with van der Waals surface area (Å²) in [5.74, 6) is 1.18. The van der Waals surface area contributed by atoms with Crippen LogP contribution in [-0.2, 0) is 10.2 Å². The maximum absolute atomic E-state index is 12.3. The van der Waals surface area contributed by atoms with Crippen LogP contribution in [0, 0.1) is 0 Å². The number of aliphatic hydroxyl groups is 1. The second kappa shape index (κ2) is 8.09. The molecule has 180 valence electrons. The lowest BCUT2D eigenvalue weighted by Crippen LogP contribution is -2.57. The van der Waals surface area contributed by atoms with Crippen molar-refractivity contribution in [1.82, 2.24) is 9.91 Å². The number of guanidine groups is 1. The molecule has 0 aliphatic carbocycles. The molecule has 5 rings (SSSR count). The number of fused-ring (bicyclic) bond motifs is 2. The smallest absolute Gasteiger partial charge is 0.301 e. The number of carbonyl (C=O) groups is 1. The predicted octanol–water partition coefficient (Wildman–Crippen LogP) is 2.08. The molecule has 10 heteroatoms. The van der Waals surface area contributed by atoms with Crippen molar-refractivity contribution >= 4 is 35.3 Å². The summed E-state index contributed by atoms with van der Waals surface area (Å²) in [6.45, 7) is 5.95. The van der Waals surface area contributed by atoms with E-state index in [1.807, 2.05) is 57.2 Å². The fraction of sp³-hybridized carbons (Fsp3) is 0.500. The number of hydrogen-bond acceptors (Lipinski definition) is 8. The van der Waals surface area contributed by atoms with Crippen LogP contribution in [0.25, 0.3) is 0 Å². The Kier molecular flexibility index (Phi) is 5.44. The van der Waals surface area contributed by atoms with Crippen molar-refractivity contribution in [1.29, 1.82) is 0 Å².